The lowest BCUT2D eigenvalue weighted by atomic mass is 9.79. The molecule has 0 N–H and O–H groups in total. The molecular weight excluding hydrogens is 493 g/mol. The molecule has 1 aliphatic heterocycles. The highest BCUT2D eigenvalue weighted by molar-refractivity contribution is 7.92. The minimum absolute atomic E-state index is 0.372. The lowest BCUT2D eigenvalue weighted by molar-refractivity contribution is 0.00578. The van der Waals surface area contributed by atoms with Crippen LogP contribution in [-0.4, -0.2) is 28.3 Å². The molecule has 1 saturated heterocycles. The second-order valence-corrected chi connectivity index (χ2v) is 10.2. The Morgan fingerprint density at radius 2 is 1.24 bits per heavy atom. The number of rotatable bonds is 3. The molecule has 1 aromatic heterocycles. The van der Waals surface area contributed by atoms with Crippen LogP contribution in [-0.2, 0) is 9.31 Å². The molecule has 0 spiro atoms. The zero-order valence-electron chi connectivity index (χ0n) is 21.6. The Bertz CT molecular complexity index is 1540. The summed E-state index contributed by atoms with van der Waals surface area (Å²) in [6.45, 7) is 8.28. The molecule has 186 valence electrons. The van der Waals surface area contributed by atoms with E-state index in [9.17, 15) is 0 Å². The van der Waals surface area contributed by atoms with Crippen molar-refractivity contribution in [3.63, 3.8) is 0 Å². The van der Waals surface area contributed by atoms with Gasteiger partial charge in [0.05, 0.1) is 22.4 Å². The van der Waals surface area contributed by atoms with Crippen LogP contribution in [0, 0.1) is 0 Å². The Balaban J connectivity index is 0.00000137. The van der Waals surface area contributed by atoms with Gasteiger partial charge in [0.1, 0.15) is 0 Å². The van der Waals surface area contributed by atoms with Gasteiger partial charge in [0.25, 0.3) is 0 Å². The Hall–Kier alpha value is -2.68. The van der Waals surface area contributed by atoms with E-state index in [0.717, 1.165) is 38.6 Å². The Morgan fingerprint density at radius 1 is 0.622 bits per heavy atom. The van der Waals surface area contributed by atoms with Crippen molar-refractivity contribution in [3.8, 4) is 22.6 Å². The van der Waals surface area contributed by atoms with E-state index in [4.69, 9.17) is 19.3 Å². The van der Waals surface area contributed by atoms with Crippen LogP contribution in [0.5, 0.6) is 0 Å². The molecule has 0 saturated carbocycles. The molecule has 1 aliphatic rings. The maximum Gasteiger partial charge on any atom is 0.494 e. The van der Waals surface area contributed by atoms with Crippen LogP contribution in [0.15, 0.2) is 91.0 Å². The maximum atomic E-state index is 6.23. The quantitative estimate of drug-likeness (QED) is 0.144. The summed E-state index contributed by atoms with van der Waals surface area (Å²) in [6.07, 6.45) is 0. The molecule has 6 rings (SSSR count). The zero-order valence-corrected chi connectivity index (χ0v) is 23.9. The topological polar surface area (TPSA) is 44.2 Å². The highest BCUT2D eigenvalue weighted by Gasteiger charge is 2.51. The average molecular weight is 524 g/mol. The second-order valence-electron chi connectivity index (χ2n) is 10.2. The van der Waals surface area contributed by atoms with Gasteiger partial charge in [-0.15, -0.1) is 17.9 Å². The van der Waals surface area contributed by atoms with Crippen LogP contribution < -0.4 is 5.46 Å². The molecule has 2 heterocycles. The number of aromatic nitrogens is 2. The highest BCUT2D eigenvalue weighted by Crippen LogP contribution is 2.37. The van der Waals surface area contributed by atoms with Crippen LogP contribution in [0.4, 0.5) is 0 Å². The third-order valence-electron chi connectivity index (χ3n) is 7.33. The van der Waals surface area contributed by atoms with Crippen molar-refractivity contribution in [3.05, 3.63) is 91.0 Å². The summed E-state index contributed by atoms with van der Waals surface area (Å²) in [4.78, 5) is 10.1. The van der Waals surface area contributed by atoms with Gasteiger partial charge in [-0.25, -0.2) is 9.97 Å². The normalized spacial score (nSPS) is 16.0. The summed E-state index contributed by atoms with van der Waals surface area (Å²) >= 11 is 0. The van der Waals surface area contributed by atoms with Gasteiger partial charge in [0.2, 0.25) is 0 Å². The molecule has 37 heavy (non-hydrogen) atoms. The van der Waals surface area contributed by atoms with Crippen LogP contribution in [0.1, 0.15) is 27.7 Å². The van der Waals surface area contributed by atoms with E-state index in [1.54, 1.807) is 0 Å². The van der Waals surface area contributed by atoms with Gasteiger partial charge in [0.15, 0.2) is 5.82 Å². The third kappa shape index (κ3) is 4.82. The molecule has 0 bridgehead atoms. The molecule has 4 aromatic carbocycles. The van der Waals surface area contributed by atoms with Crippen molar-refractivity contribution >= 4 is 52.1 Å². The second kappa shape index (κ2) is 10.2. The number of hydrogen-bond donors (Lipinski definition) is 0. The minimum atomic E-state index is -0.393. The molecule has 0 aliphatic carbocycles. The van der Waals surface area contributed by atoms with Gasteiger partial charge in [-0.2, -0.15) is 0 Å². The van der Waals surface area contributed by atoms with Crippen LogP contribution in [0.25, 0.3) is 44.3 Å². The van der Waals surface area contributed by atoms with Gasteiger partial charge in [-0.3, -0.25) is 0 Å². The lowest BCUT2D eigenvalue weighted by Crippen LogP contribution is -2.41. The smallest absolute Gasteiger partial charge is 0.399 e. The summed E-state index contributed by atoms with van der Waals surface area (Å²) in [5.41, 5.74) is 4.17. The van der Waals surface area contributed by atoms with Crippen molar-refractivity contribution < 1.29 is 9.31 Å². The van der Waals surface area contributed by atoms with E-state index < -0.39 is 7.12 Å². The van der Waals surface area contributed by atoms with Gasteiger partial charge in [-0.05, 0) is 44.6 Å². The monoisotopic (exact) mass is 524 g/mol. The molecular formula is C30H31BN2O2P2. The van der Waals surface area contributed by atoms with Crippen molar-refractivity contribution in [1.82, 2.24) is 9.97 Å². The first-order chi connectivity index (χ1) is 17.8. The lowest BCUT2D eigenvalue weighted by Gasteiger charge is -2.32. The number of hydrogen-bond acceptors (Lipinski definition) is 4. The largest absolute Gasteiger partial charge is 0.494 e. The van der Waals surface area contributed by atoms with E-state index in [-0.39, 0.29) is 11.2 Å². The highest BCUT2D eigenvalue weighted by atomic mass is 32.0. The predicted molar refractivity (Wildman–Crippen MR) is 163 cm³/mol. The standard InChI is InChI=1S/C30H27BN2O2.H4P2/c1-29(2)30(3,4)35-31(34-29)23-17-14-22(15-18-23)28-32-26(21-11-6-5-7-12-21)25-19-16-20-10-8-9-13-24(20)27(25)33-28;1-2/h5-19H,1-4H3;1-2H2. The van der Waals surface area contributed by atoms with Crippen molar-refractivity contribution in [2.45, 2.75) is 38.9 Å². The van der Waals surface area contributed by atoms with Crippen molar-refractivity contribution in [1.29, 1.82) is 0 Å². The molecule has 1 fully saturated rings. The summed E-state index contributed by atoms with van der Waals surface area (Å²) in [6, 6.07) is 31.2. The molecule has 0 radical (unpaired) electrons. The molecule has 0 amide bonds. The van der Waals surface area contributed by atoms with Gasteiger partial charge in [0, 0.05) is 21.9 Å². The van der Waals surface area contributed by atoms with E-state index in [2.05, 4.69) is 118 Å². The average Bonchev–Trinajstić information content (AvgIpc) is 3.16. The first-order valence-corrected chi connectivity index (χ1v) is 15.0. The van der Waals surface area contributed by atoms with E-state index >= 15 is 0 Å². The third-order valence-corrected chi connectivity index (χ3v) is 7.33. The van der Waals surface area contributed by atoms with Crippen LogP contribution in [0.3, 0.4) is 0 Å². The van der Waals surface area contributed by atoms with E-state index in [1.807, 2.05) is 18.2 Å². The van der Waals surface area contributed by atoms with Gasteiger partial charge in [-0.1, -0.05) is 84.9 Å². The van der Waals surface area contributed by atoms with Crippen LogP contribution in [0.2, 0.25) is 0 Å². The Labute approximate surface area is 223 Å². The van der Waals surface area contributed by atoms with Crippen LogP contribution >= 0.6 is 17.9 Å². The fourth-order valence-corrected chi connectivity index (χ4v) is 4.58. The number of fused-ring (bicyclic) bond motifs is 3. The number of nitrogens with zero attached hydrogens (tertiary/aromatic N) is 2. The van der Waals surface area contributed by atoms with Crippen molar-refractivity contribution in [2.24, 2.45) is 0 Å². The fourth-order valence-electron chi connectivity index (χ4n) is 4.58. The molecule has 5 aromatic rings. The Kier molecular flexibility index (Phi) is 7.18. The summed E-state index contributed by atoms with van der Waals surface area (Å²) < 4.78 is 12.5. The van der Waals surface area contributed by atoms with Crippen molar-refractivity contribution in [2.75, 3.05) is 0 Å². The molecule has 2 unspecified atom stereocenters. The SMILES string of the molecule is CC1(C)OB(c2ccc(-c3nc(-c4ccccc4)c4ccc5ccccc5c4n3)cc2)OC1(C)C.PP. The zero-order chi connectivity index (χ0) is 26.2. The fraction of sp³-hybridized carbons (Fsp3) is 0.200. The van der Waals surface area contributed by atoms with Gasteiger partial charge < -0.3 is 9.31 Å². The minimum Gasteiger partial charge on any atom is -0.399 e. The molecule has 2 atom stereocenters. The maximum absolute atomic E-state index is 6.23. The summed E-state index contributed by atoms with van der Waals surface area (Å²) in [5.74, 6) is 0.702. The predicted octanol–water partition coefficient (Wildman–Crippen LogP) is 7.07. The number of benzene rings is 4. The summed E-state index contributed by atoms with van der Waals surface area (Å²) in [5, 5.41) is 3.34. The molecule has 4 nitrogen and oxygen atoms in total. The molecule has 7 heteroatoms. The summed E-state index contributed by atoms with van der Waals surface area (Å²) in [7, 11) is 4.27. The Morgan fingerprint density at radius 3 is 1.92 bits per heavy atom. The van der Waals surface area contributed by atoms with E-state index in [1.165, 1.54) is 5.39 Å². The first kappa shape index (κ1) is 26.0. The first-order valence-electron chi connectivity index (χ1n) is 12.4. The van der Waals surface area contributed by atoms with Gasteiger partial charge >= 0.3 is 7.12 Å². The van der Waals surface area contributed by atoms with E-state index in [0.29, 0.717) is 5.82 Å².